The van der Waals surface area contributed by atoms with Gasteiger partial charge in [-0.1, -0.05) is 257 Å². The molecule has 370 valence electrons. The van der Waals surface area contributed by atoms with Gasteiger partial charge in [0, 0.05) is 6.42 Å². The molecule has 0 aliphatic rings. The van der Waals surface area contributed by atoms with Gasteiger partial charge in [-0.15, -0.1) is 0 Å². The van der Waals surface area contributed by atoms with Crippen LogP contribution in [-0.2, 0) is 18.4 Å². The van der Waals surface area contributed by atoms with Crippen LogP contribution in [-0.4, -0.2) is 73.4 Å². The van der Waals surface area contributed by atoms with Gasteiger partial charge in [-0.2, -0.15) is 0 Å². The molecule has 0 radical (unpaired) electrons. The van der Waals surface area contributed by atoms with Crippen LogP contribution in [0.5, 0.6) is 0 Å². The summed E-state index contributed by atoms with van der Waals surface area (Å²) in [6.07, 6.45) is 54.6. The number of carbonyl (C=O) groups excluding carboxylic acids is 1. The maximum atomic E-state index is 12.9. The fraction of sp³-hybridized carbons (Fsp3) is 0.943. The summed E-state index contributed by atoms with van der Waals surface area (Å²) in [5, 5.41) is 13.9. The van der Waals surface area contributed by atoms with Gasteiger partial charge >= 0.3 is 7.82 Å². The van der Waals surface area contributed by atoms with Crippen LogP contribution in [0.4, 0.5) is 0 Å². The van der Waals surface area contributed by atoms with Gasteiger partial charge in [0.05, 0.1) is 39.9 Å². The number of amides is 1. The molecule has 0 saturated carbocycles. The molecule has 62 heavy (non-hydrogen) atoms. The van der Waals surface area contributed by atoms with Gasteiger partial charge < -0.3 is 19.8 Å². The summed E-state index contributed by atoms with van der Waals surface area (Å²) in [6, 6.07) is -0.840. The Labute approximate surface area is 386 Å². The Balaban J connectivity index is 4.07. The van der Waals surface area contributed by atoms with Gasteiger partial charge in [0.25, 0.3) is 0 Å². The van der Waals surface area contributed by atoms with E-state index >= 15 is 0 Å². The molecule has 8 nitrogen and oxygen atoms in total. The zero-order valence-electron chi connectivity index (χ0n) is 42.1. The van der Waals surface area contributed by atoms with Crippen LogP contribution in [0.3, 0.4) is 0 Å². The molecular weight excluding hydrogens is 792 g/mol. The van der Waals surface area contributed by atoms with Crippen molar-refractivity contribution < 1.29 is 32.9 Å². The number of nitrogens with zero attached hydrogens (tertiary/aromatic N) is 1. The second-order valence-electron chi connectivity index (χ2n) is 20.0. The van der Waals surface area contributed by atoms with Gasteiger partial charge in [0.1, 0.15) is 13.2 Å². The minimum Gasteiger partial charge on any atom is -0.387 e. The summed E-state index contributed by atoms with van der Waals surface area (Å²) in [7, 11) is 1.59. The Morgan fingerprint density at radius 3 is 1.19 bits per heavy atom. The Hall–Kier alpha value is -0.760. The summed E-state index contributed by atoms with van der Waals surface area (Å²) >= 11 is 0. The molecule has 0 aromatic rings. The molecule has 3 atom stereocenters. The van der Waals surface area contributed by atoms with Crippen molar-refractivity contribution in [3.05, 3.63) is 12.2 Å². The molecule has 9 heteroatoms. The van der Waals surface area contributed by atoms with Crippen LogP contribution < -0.4 is 5.32 Å². The summed E-state index contributed by atoms with van der Waals surface area (Å²) in [6.45, 7) is 4.84. The van der Waals surface area contributed by atoms with E-state index in [1.165, 1.54) is 218 Å². The third kappa shape index (κ3) is 47.2. The average Bonchev–Trinajstić information content (AvgIpc) is 3.23. The quantitative estimate of drug-likeness (QED) is 0.0243. The van der Waals surface area contributed by atoms with Crippen LogP contribution in [0, 0.1) is 0 Å². The molecule has 3 N–H and O–H groups in total. The number of likely N-dealkylation sites (N-methyl/N-ethyl adjacent to an activating group) is 1. The zero-order valence-corrected chi connectivity index (χ0v) is 43.0. The molecule has 0 aromatic heterocycles. The molecule has 0 saturated heterocycles. The van der Waals surface area contributed by atoms with E-state index < -0.39 is 20.0 Å². The van der Waals surface area contributed by atoms with E-state index in [0.29, 0.717) is 17.4 Å². The van der Waals surface area contributed by atoms with Crippen LogP contribution in [0.2, 0.25) is 0 Å². The second kappa shape index (κ2) is 45.4. The molecule has 1 amide bonds. The number of aliphatic hydroxyl groups is 1. The lowest BCUT2D eigenvalue weighted by Crippen LogP contribution is -2.45. The first-order valence-electron chi connectivity index (χ1n) is 27.1. The molecule has 0 spiro atoms. The first-order chi connectivity index (χ1) is 30.0. The van der Waals surface area contributed by atoms with E-state index in [-0.39, 0.29) is 19.1 Å². The number of hydrogen-bond acceptors (Lipinski definition) is 5. The number of unbranched alkanes of at least 4 members (excludes halogenated alkanes) is 37. The normalized spacial score (nSPS) is 14.1. The largest absolute Gasteiger partial charge is 0.472 e. The van der Waals surface area contributed by atoms with E-state index in [4.69, 9.17) is 9.05 Å². The first-order valence-corrected chi connectivity index (χ1v) is 28.6. The molecule has 0 bridgehead atoms. The minimum absolute atomic E-state index is 0.0648. The van der Waals surface area contributed by atoms with Gasteiger partial charge in [-0.25, -0.2) is 4.57 Å². The number of hydrogen-bond donors (Lipinski definition) is 3. The van der Waals surface area contributed by atoms with E-state index in [1.807, 2.05) is 27.2 Å². The maximum Gasteiger partial charge on any atom is 0.472 e. The first kappa shape index (κ1) is 61.2. The highest BCUT2D eigenvalue weighted by Crippen LogP contribution is 2.43. The SMILES string of the molecule is CCCCCCCCCCCCCCCCCCCCCCCCCCCCC/C=C/C(O)C(COP(=O)(O)OCC[N+](C)(C)C)NC(=O)CCCCCCCCCCCCC. The minimum atomic E-state index is -4.33. The van der Waals surface area contributed by atoms with Crippen molar-refractivity contribution >= 4 is 13.7 Å². The van der Waals surface area contributed by atoms with Gasteiger partial charge in [-0.3, -0.25) is 13.8 Å². The predicted octanol–water partition coefficient (Wildman–Crippen LogP) is 15.9. The van der Waals surface area contributed by atoms with Gasteiger partial charge in [0.2, 0.25) is 5.91 Å². The van der Waals surface area contributed by atoms with Crippen molar-refractivity contribution in [3.63, 3.8) is 0 Å². The molecular formula is C53H108N2O6P+. The van der Waals surface area contributed by atoms with Gasteiger partial charge in [-0.05, 0) is 19.3 Å². The van der Waals surface area contributed by atoms with Crippen molar-refractivity contribution in [1.29, 1.82) is 0 Å². The lowest BCUT2D eigenvalue weighted by molar-refractivity contribution is -0.870. The Morgan fingerprint density at radius 1 is 0.532 bits per heavy atom. The highest BCUT2D eigenvalue weighted by molar-refractivity contribution is 7.47. The van der Waals surface area contributed by atoms with Gasteiger partial charge in [0.15, 0.2) is 0 Å². The molecule has 0 aliphatic carbocycles. The Morgan fingerprint density at radius 2 is 0.855 bits per heavy atom. The number of rotatable bonds is 50. The fourth-order valence-electron chi connectivity index (χ4n) is 8.22. The number of phosphoric ester groups is 1. The predicted molar refractivity (Wildman–Crippen MR) is 268 cm³/mol. The zero-order chi connectivity index (χ0) is 45.7. The highest BCUT2D eigenvalue weighted by atomic mass is 31.2. The smallest absolute Gasteiger partial charge is 0.387 e. The Kier molecular flexibility index (Phi) is 44.8. The molecule has 0 aromatic carbocycles. The average molecular weight is 900 g/mol. The third-order valence-corrected chi connectivity index (χ3v) is 13.5. The fourth-order valence-corrected chi connectivity index (χ4v) is 8.96. The number of allylic oxidation sites excluding steroid dienone is 1. The number of carbonyl (C=O) groups is 1. The van der Waals surface area contributed by atoms with Crippen LogP contribution in [0.15, 0.2) is 12.2 Å². The van der Waals surface area contributed by atoms with Crippen LogP contribution in [0.1, 0.15) is 271 Å². The summed E-state index contributed by atoms with van der Waals surface area (Å²) in [4.78, 5) is 23.1. The summed E-state index contributed by atoms with van der Waals surface area (Å²) in [5.41, 5.74) is 0. The van der Waals surface area contributed by atoms with Crippen molar-refractivity contribution in [2.75, 3.05) is 40.9 Å². The molecule has 0 heterocycles. The van der Waals surface area contributed by atoms with Crippen LogP contribution in [0.25, 0.3) is 0 Å². The maximum absolute atomic E-state index is 12.9. The van der Waals surface area contributed by atoms with E-state index in [2.05, 4.69) is 19.2 Å². The molecule has 0 fully saturated rings. The number of phosphoric acid groups is 1. The van der Waals surface area contributed by atoms with E-state index in [1.54, 1.807) is 6.08 Å². The lowest BCUT2D eigenvalue weighted by Gasteiger charge is -2.25. The summed E-state index contributed by atoms with van der Waals surface area (Å²) in [5.74, 6) is -0.175. The monoisotopic (exact) mass is 900 g/mol. The molecule has 0 aliphatic heterocycles. The number of aliphatic hydroxyl groups excluding tert-OH is 1. The summed E-state index contributed by atoms with van der Waals surface area (Å²) < 4.78 is 23.6. The Bertz CT molecular complexity index is 1020. The molecule has 0 rings (SSSR count). The third-order valence-electron chi connectivity index (χ3n) is 12.5. The van der Waals surface area contributed by atoms with Crippen molar-refractivity contribution in [2.24, 2.45) is 0 Å². The number of quaternary nitrogens is 1. The van der Waals surface area contributed by atoms with E-state index in [0.717, 1.165) is 32.1 Å². The van der Waals surface area contributed by atoms with Crippen molar-refractivity contribution in [2.45, 2.75) is 283 Å². The van der Waals surface area contributed by atoms with E-state index in [9.17, 15) is 19.4 Å². The number of nitrogens with one attached hydrogen (secondary N) is 1. The van der Waals surface area contributed by atoms with Crippen molar-refractivity contribution in [1.82, 2.24) is 5.32 Å². The second-order valence-corrected chi connectivity index (χ2v) is 21.4. The molecule has 3 unspecified atom stereocenters. The van der Waals surface area contributed by atoms with Crippen LogP contribution >= 0.6 is 7.82 Å². The topological polar surface area (TPSA) is 105 Å². The lowest BCUT2D eigenvalue weighted by atomic mass is 10.0. The highest BCUT2D eigenvalue weighted by Gasteiger charge is 2.27. The standard InChI is InChI=1S/C53H107N2O6P/c1-6-8-10-12-14-16-18-19-20-21-22-23-24-25-26-27-28-29-30-31-32-33-34-35-37-38-40-42-44-46-52(56)51(50-61-62(58,59)60-49-48-55(3,4)5)54-53(57)47-45-43-41-39-36-17-15-13-11-9-7-2/h44,46,51-52,56H,6-43,45,47-50H2,1-5H3,(H-,54,57,58,59)/p+1/b46-44+. The van der Waals surface area contributed by atoms with Crippen molar-refractivity contribution in [3.8, 4) is 0 Å².